The number of carboxylic acids is 1. The number of aromatic nitrogens is 1. The van der Waals surface area contributed by atoms with Crippen LogP contribution in [-0.2, 0) is 4.79 Å². The maximum atomic E-state index is 11.4. The van der Waals surface area contributed by atoms with E-state index in [9.17, 15) is 20.0 Å². The van der Waals surface area contributed by atoms with E-state index in [-0.39, 0.29) is 15.8 Å². The number of nitro benzene ring substituents is 1. The van der Waals surface area contributed by atoms with Crippen LogP contribution in [0.15, 0.2) is 63.1 Å². The number of nitro groups is 1. The fourth-order valence-electron chi connectivity index (χ4n) is 1.97. The van der Waals surface area contributed by atoms with Gasteiger partial charge in [-0.25, -0.2) is 9.78 Å². The maximum Gasteiger partial charge on any atom is 0.342 e. The molecule has 0 aliphatic heterocycles. The summed E-state index contributed by atoms with van der Waals surface area (Å²) in [6.45, 7) is 0. The summed E-state index contributed by atoms with van der Waals surface area (Å²) < 4.78 is 5.50. The van der Waals surface area contributed by atoms with Gasteiger partial charge in [-0.3, -0.25) is 10.1 Å². The highest BCUT2D eigenvalue weighted by Gasteiger charge is 2.15. The average molecular weight is 342 g/mol. The summed E-state index contributed by atoms with van der Waals surface area (Å²) in [6, 6.07) is 12.7. The number of carboxylic acid groups (broad SMARTS) is 1. The van der Waals surface area contributed by atoms with E-state index in [2.05, 4.69) is 4.98 Å². The zero-order valence-corrected chi connectivity index (χ0v) is 12.9. The molecule has 0 aliphatic carbocycles. The van der Waals surface area contributed by atoms with Crippen LogP contribution in [0.4, 0.5) is 5.69 Å². The predicted octanol–water partition coefficient (Wildman–Crippen LogP) is 3.95. The zero-order chi connectivity index (χ0) is 17.1. The third-order valence-electron chi connectivity index (χ3n) is 3.08. The van der Waals surface area contributed by atoms with E-state index >= 15 is 0 Å². The lowest BCUT2D eigenvalue weighted by molar-refractivity contribution is -0.384. The standard InChI is InChI=1S/C16H10N2O5S/c19-15(20)14(9-10-5-7-11(8-6-10)18(21)22)24-16-17-12-3-1-2-4-13(12)23-16/h1-9H,(H,19,20)/b14-9-. The van der Waals surface area contributed by atoms with Crippen molar-refractivity contribution >= 4 is 40.6 Å². The summed E-state index contributed by atoms with van der Waals surface area (Å²) in [7, 11) is 0. The zero-order valence-electron chi connectivity index (χ0n) is 12.1. The Balaban J connectivity index is 1.88. The van der Waals surface area contributed by atoms with Crippen molar-refractivity contribution in [1.29, 1.82) is 0 Å². The molecule has 7 nitrogen and oxygen atoms in total. The molecular weight excluding hydrogens is 332 g/mol. The molecule has 1 heterocycles. The van der Waals surface area contributed by atoms with Crippen molar-refractivity contribution in [3.05, 3.63) is 69.1 Å². The molecule has 0 saturated carbocycles. The quantitative estimate of drug-likeness (QED) is 0.324. The minimum atomic E-state index is -1.14. The number of oxazole rings is 1. The van der Waals surface area contributed by atoms with E-state index in [1.165, 1.54) is 30.3 Å². The molecule has 0 atom stereocenters. The van der Waals surface area contributed by atoms with Gasteiger partial charge in [-0.15, -0.1) is 0 Å². The largest absolute Gasteiger partial charge is 0.477 e. The molecule has 0 fully saturated rings. The first kappa shape index (κ1) is 15.8. The minimum absolute atomic E-state index is 0.00425. The average Bonchev–Trinajstić information content (AvgIpc) is 2.97. The number of benzene rings is 2. The number of rotatable bonds is 5. The lowest BCUT2D eigenvalue weighted by Gasteiger charge is -1.99. The van der Waals surface area contributed by atoms with E-state index in [0.29, 0.717) is 16.7 Å². The lowest BCUT2D eigenvalue weighted by atomic mass is 10.2. The van der Waals surface area contributed by atoms with Gasteiger partial charge in [0.1, 0.15) is 10.4 Å². The Morgan fingerprint density at radius 1 is 1.21 bits per heavy atom. The molecule has 120 valence electrons. The van der Waals surface area contributed by atoms with Crippen LogP contribution < -0.4 is 0 Å². The summed E-state index contributed by atoms with van der Waals surface area (Å²) in [4.78, 5) is 25.8. The summed E-state index contributed by atoms with van der Waals surface area (Å²) in [5.41, 5.74) is 1.68. The van der Waals surface area contributed by atoms with Crippen molar-refractivity contribution in [2.24, 2.45) is 0 Å². The van der Waals surface area contributed by atoms with Gasteiger partial charge in [-0.2, -0.15) is 0 Å². The molecule has 2 aromatic carbocycles. The smallest absolute Gasteiger partial charge is 0.342 e. The fraction of sp³-hybridized carbons (Fsp3) is 0. The highest BCUT2D eigenvalue weighted by molar-refractivity contribution is 8.03. The minimum Gasteiger partial charge on any atom is -0.477 e. The molecule has 0 radical (unpaired) electrons. The normalized spacial score (nSPS) is 11.6. The van der Waals surface area contributed by atoms with E-state index in [1.807, 2.05) is 6.07 Å². The van der Waals surface area contributed by atoms with Crippen molar-refractivity contribution < 1.29 is 19.2 Å². The predicted molar refractivity (Wildman–Crippen MR) is 88.6 cm³/mol. The van der Waals surface area contributed by atoms with E-state index in [4.69, 9.17) is 4.42 Å². The highest BCUT2D eigenvalue weighted by Crippen LogP contribution is 2.30. The van der Waals surface area contributed by atoms with Crippen LogP contribution >= 0.6 is 11.8 Å². The molecule has 0 amide bonds. The molecule has 3 aromatic rings. The molecule has 0 bridgehead atoms. The van der Waals surface area contributed by atoms with Gasteiger partial charge in [0.25, 0.3) is 10.9 Å². The molecule has 0 spiro atoms. The number of hydrogen-bond donors (Lipinski definition) is 1. The van der Waals surface area contributed by atoms with E-state index in [0.717, 1.165) is 11.8 Å². The Hall–Kier alpha value is -3.13. The second kappa shape index (κ2) is 6.55. The highest BCUT2D eigenvalue weighted by atomic mass is 32.2. The Labute approximate surface area is 139 Å². The number of hydrogen-bond acceptors (Lipinski definition) is 6. The first-order valence-corrected chi connectivity index (χ1v) is 7.57. The second-order valence-corrected chi connectivity index (χ2v) is 5.71. The molecule has 1 N–H and O–H groups in total. The van der Waals surface area contributed by atoms with Crippen LogP contribution in [-0.4, -0.2) is 21.0 Å². The fourth-order valence-corrected chi connectivity index (χ4v) is 2.71. The van der Waals surface area contributed by atoms with Crippen LogP contribution in [0.1, 0.15) is 5.56 Å². The second-order valence-electron chi connectivity index (χ2n) is 4.71. The first-order valence-electron chi connectivity index (χ1n) is 6.76. The summed E-state index contributed by atoms with van der Waals surface area (Å²) in [5, 5.41) is 20.2. The van der Waals surface area contributed by atoms with Gasteiger partial charge in [0.05, 0.1) is 4.92 Å². The Kier molecular flexibility index (Phi) is 4.30. The van der Waals surface area contributed by atoms with Crippen LogP contribution in [0.2, 0.25) is 0 Å². The van der Waals surface area contributed by atoms with E-state index < -0.39 is 10.9 Å². The SMILES string of the molecule is O=C(O)/C(=C/c1ccc([N+](=O)[O-])cc1)Sc1nc2ccccc2o1. The van der Waals surface area contributed by atoms with Gasteiger partial charge in [0.15, 0.2) is 5.58 Å². The van der Waals surface area contributed by atoms with Crippen molar-refractivity contribution in [2.45, 2.75) is 5.22 Å². The molecule has 0 aliphatic rings. The van der Waals surface area contributed by atoms with Crippen molar-refractivity contribution in [3.8, 4) is 0 Å². The third-order valence-corrected chi connectivity index (χ3v) is 3.95. The van der Waals surface area contributed by atoms with Crippen molar-refractivity contribution in [1.82, 2.24) is 4.98 Å². The van der Waals surface area contributed by atoms with Crippen LogP contribution in [0.5, 0.6) is 0 Å². The van der Waals surface area contributed by atoms with Gasteiger partial charge in [-0.1, -0.05) is 12.1 Å². The number of fused-ring (bicyclic) bond motifs is 1. The lowest BCUT2D eigenvalue weighted by Crippen LogP contribution is -1.96. The van der Waals surface area contributed by atoms with Crippen LogP contribution in [0, 0.1) is 10.1 Å². The van der Waals surface area contributed by atoms with Crippen LogP contribution in [0.3, 0.4) is 0 Å². The van der Waals surface area contributed by atoms with Crippen molar-refractivity contribution in [2.75, 3.05) is 0 Å². The molecular formula is C16H10N2O5S. The number of carbonyl (C=O) groups is 1. The van der Waals surface area contributed by atoms with Gasteiger partial charge in [0, 0.05) is 12.1 Å². The van der Waals surface area contributed by atoms with E-state index in [1.54, 1.807) is 18.2 Å². The molecule has 3 rings (SSSR count). The van der Waals surface area contributed by atoms with Crippen LogP contribution in [0.25, 0.3) is 17.2 Å². The number of thioether (sulfide) groups is 1. The Morgan fingerprint density at radius 3 is 2.54 bits per heavy atom. The molecule has 24 heavy (non-hydrogen) atoms. The third kappa shape index (κ3) is 3.44. The Bertz CT molecular complexity index is 914. The van der Waals surface area contributed by atoms with Gasteiger partial charge >= 0.3 is 5.97 Å². The van der Waals surface area contributed by atoms with Gasteiger partial charge < -0.3 is 9.52 Å². The maximum absolute atomic E-state index is 11.4. The number of aliphatic carboxylic acids is 1. The summed E-state index contributed by atoms with van der Waals surface area (Å²) >= 11 is 0.878. The van der Waals surface area contributed by atoms with Gasteiger partial charge in [-0.05, 0) is 47.7 Å². The number of non-ortho nitro benzene ring substituents is 1. The monoisotopic (exact) mass is 342 g/mol. The number of nitrogens with zero attached hydrogens (tertiary/aromatic N) is 2. The summed E-state index contributed by atoms with van der Waals surface area (Å²) in [5.74, 6) is -1.14. The summed E-state index contributed by atoms with van der Waals surface area (Å²) in [6.07, 6.45) is 1.41. The topological polar surface area (TPSA) is 106 Å². The number of para-hydroxylation sites is 2. The van der Waals surface area contributed by atoms with Crippen molar-refractivity contribution in [3.63, 3.8) is 0 Å². The molecule has 0 unspecified atom stereocenters. The molecule has 0 saturated heterocycles. The molecule has 8 heteroatoms. The van der Waals surface area contributed by atoms with Gasteiger partial charge in [0.2, 0.25) is 0 Å². The molecule has 1 aromatic heterocycles. The Morgan fingerprint density at radius 2 is 1.92 bits per heavy atom. The first-order chi connectivity index (χ1) is 11.5.